The van der Waals surface area contributed by atoms with Crippen molar-refractivity contribution in [2.75, 3.05) is 0 Å². The van der Waals surface area contributed by atoms with Crippen LogP contribution in [0.2, 0.25) is 5.02 Å². The standard InChI is InChI=1S/C11H14ClN/c1-7(13)9-6-5-8-3-2-4-10(12)11(8)9/h2-4,7,9H,5-6,13H2,1H3. The highest BCUT2D eigenvalue weighted by molar-refractivity contribution is 6.31. The van der Waals surface area contributed by atoms with Crippen molar-refractivity contribution in [1.82, 2.24) is 0 Å². The van der Waals surface area contributed by atoms with Crippen molar-refractivity contribution in [3.05, 3.63) is 34.3 Å². The predicted molar refractivity (Wildman–Crippen MR) is 56.2 cm³/mol. The van der Waals surface area contributed by atoms with Crippen molar-refractivity contribution >= 4 is 11.6 Å². The average molecular weight is 196 g/mol. The van der Waals surface area contributed by atoms with Gasteiger partial charge >= 0.3 is 0 Å². The Morgan fingerprint density at radius 1 is 1.54 bits per heavy atom. The van der Waals surface area contributed by atoms with E-state index in [9.17, 15) is 0 Å². The Morgan fingerprint density at radius 3 is 3.00 bits per heavy atom. The van der Waals surface area contributed by atoms with Crippen LogP contribution in [0.15, 0.2) is 18.2 Å². The van der Waals surface area contributed by atoms with Crippen LogP contribution in [0.25, 0.3) is 0 Å². The Kier molecular flexibility index (Phi) is 2.31. The molecule has 1 nitrogen and oxygen atoms in total. The summed E-state index contributed by atoms with van der Waals surface area (Å²) in [6.07, 6.45) is 2.28. The van der Waals surface area contributed by atoms with Crippen LogP contribution in [0.4, 0.5) is 0 Å². The number of aryl methyl sites for hydroxylation is 1. The third-order valence-corrected chi connectivity index (χ3v) is 3.20. The number of nitrogens with two attached hydrogens (primary N) is 1. The van der Waals surface area contributed by atoms with E-state index in [1.165, 1.54) is 11.1 Å². The van der Waals surface area contributed by atoms with E-state index in [0.717, 1.165) is 17.9 Å². The van der Waals surface area contributed by atoms with Gasteiger partial charge in [-0.15, -0.1) is 0 Å². The van der Waals surface area contributed by atoms with Crippen molar-refractivity contribution in [2.24, 2.45) is 5.73 Å². The van der Waals surface area contributed by atoms with Gasteiger partial charge in [0.1, 0.15) is 0 Å². The fourth-order valence-electron chi connectivity index (χ4n) is 2.20. The number of rotatable bonds is 1. The van der Waals surface area contributed by atoms with Crippen molar-refractivity contribution in [1.29, 1.82) is 0 Å². The molecule has 0 saturated heterocycles. The Bertz CT molecular complexity index is 320. The average Bonchev–Trinajstić information content (AvgIpc) is 2.49. The second-order valence-electron chi connectivity index (χ2n) is 3.82. The fourth-order valence-corrected chi connectivity index (χ4v) is 2.53. The van der Waals surface area contributed by atoms with Gasteiger partial charge in [-0.05, 0) is 37.0 Å². The Morgan fingerprint density at radius 2 is 2.31 bits per heavy atom. The molecule has 0 saturated carbocycles. The fraction of sp³-hybridized carbons (Fsp3) is 0.455. The quantitative estimate of drug-likeness (QED) is 0.733. The molecule has 2 N–H and O–H groups in total. The molecule has 0 heterocycles. The third kappa shape index (κ3) is 1.47. The first kappa shape index (κ1) is 9.04. The second-order valence-corrected chi connectivity index (χ2v) is 4.22. The van der Waals surface area contributed by atoms with Crippen LogP contribution in [0.1, 0.15) is 30.4 Å². The molecule has 1 aliphatic rings. The lowest BCUT2D eigenvalue weighted by Gasteiger charge is -2.16. The molecule has 0 aromatic heterocycles. The minimum atomic E-state index is 0.209. The number of halogens is 1. The van der Waals surface area contributed by atoms with E-state index in [4.69, 9.17) is 17.3 Å². The van der Waals surface area contributed by atoms with Gasteiger partial charge in [0.25, 0.3) is 0 Å². The lowest BCUT2D eigenvalue weighted by atomic mass is 9.95. The maximum Gasteiger partial charge on any atom is 0.0444 e. The van der Waals surface area contributed by atoms with Crippen molar-refractivity contribution in [2.45, 2.75) is 31.7 Å². The largest absolute Gasteiger partial charge is 0.327 e. The van der Waals surface area contributed by atoms with Crippen molar-refractivity contribution < 1.29 is 0 Å². The highest BCUT2D eigenvalue weighted by Gasteiger charge is 2.27. The molecule has 1 aliphatic carbocycles. The third-order valence-electron chi connectivity index (χ3n) is 2.87. The van der Waals surface area contributed by atoms with E-state index in [1.807, 2.05) is 12.1 Å². The Hall–Kier alpha value is -0.530. The maximum absolute atomic E-state index is 6.15. The summed E-state index contributed by atoms with van der Waals surface area (Å²) in [4.78, 5) is 0. The topological polar surface area (TPSA) is 26.0 Å². The zero-order valence-corrected chi connectivity index (χ0v) is 8.51. The van der Waals surface area contributed by atoms with E-state index < -0.39 is 0 Å². The van der Waals surface area contributed by atoms with Crippen LogP contribution in [-0.2, 0) is 6.42 Å². The van der Waals surface area contributed by atoms with Gasteiger partial charge < -0.3 is 5.73 Å². The van der Waals surface area contributed by atoms with Crippen LogP contribution < -0.4 is 5.73 Å². The minimum Gasteiger partial charge on any atom is -0.327 e. The van der Waals surface area contributed by atoms with Crippen LogP contribution >= 0.6 is 11.6 Å². The van der Waals surface area contributed by atoms with Crippen LogP contribution in [0.5, 0.6) is 0 Å². The molecule has 0 radical (unpaired) electrons. The van der Waals surface area contributed by atoms with Gasteiger partial charge in [0.2, 0.25) is 0 Å². The first-order valence-electron chi connectivity index (χ1n) is 4.73. The monoisotopic (exact) mass is 195 g/mol. The molecule has 0 aliphatic heterocycles. The molecule has 0 fully saturated rings. The first-order chi connectivity index (χ1) is 6.20. The van der Waals surface area contributed by atoms with Gasteiger partial charge in [-0.1, -0.05) is 23.7 Å². The molecule has 1 aromatic carbocycles. The van der Waals surface area contributed by atoms with Crippen LogP contribution in [-0.4, -0.2) is 6.04 Å². The van der Waals surface area contributed by atoms with E-state index in [-0.39, 0.29) is 6.04 Å². The summed E-state index contributed by atoms with van der Waals surface area (Å²) >= 11 is 6.15. The van der Waals surface area contributed by atoms with Gasteiger partial charge in [0, 0.05) is 17.0 Å². The zero-order valence-electron chi connectivity index (χ0n) is 7.76. The number of hydrogen-bond acceptors (Lipinski definition) is 1. The summed E-state index contributed by atoms with van der Waals surface area (Å²) in [7, 11) is 0. The predicted octanol–water partition coefficient (Wildman–Crippen LogP) is 2.72. The molecule has 2 heteroatoms. The van der Waals surface area contributed by atoms with Gasteiger partial charge in [0.15, 0.2) is 0 Å². The maximum atomic E-state index is 6.15. The summed E-state index contributed by atoms with van der Waals surface area (Å²) < 4.78 is 0. The van der Waals surface area contributed by atoms with Crippen molar-refractivity contribution in [3.63, 3.8) is 0 Å². The number of benzene rings is 1. The summed E-state index contributed by atoms with van der Waals surface area (Å²) in [6, 6.07) is 6.34. The SMILES string of the molecule is CC(N)C1CCc2cccc(Cl)c21. The van der Waals surface area contributed by atoms with Crippen LogP contribution in [0.3, 0.4) is 0 Å². The molecule has 2 rings (SSSR count). The van der Waals surface area contributed by atoms with E-state index >= 15 is 0 Å². The lowest BCUT2D eigenvalue weighted by molar-refractivity contribution is 0.564. The summed E-state index contributed by atoms with van der Waals surface area (Å²) in [6.45, 7) is 2.06. The number of hydrogen-bond donors (Lipinski definition) is 1. The molecule has 0 bridgehead atoms. The number of fused-ring (bicyclic) bond motifs is 1. The summed E-state index contributed by atoms with van der Waals surface area (Å²) in [5.74, 6) is 0.462. The normalized spacial score (nSPS) is 22.8. The van der Waals surface area contributed by atoms with Crippen molar-refractivity contribution in [3.8, 4) is 0 Å². The van der Waals surface area contributed by atoms with Gasteiger partial charge in [0.05, 0.1) is 0 Å². The second kappa shape index (κ2) is 3.32. The highest BCUT2D eigenvalue weighted by Crippen LogP contribution is 2.39. The summed E-state index contributed by atoms with van der Waals surface area (Å²) in [5, 5.41) is 0.886. The Labute approximate surface area is 83.9 Å². The van der Waals surface area contributed by atoms with E-state index in [1.54, 1.807) is 0 Å². The molecule has 2 unspecified atom stereocenters. The molecule has 70 valence electrons. The van der Waals surface area contributed by atoms with Gasteiger partial charge in [-0.2, -0.15) is 0 Å². The minimum absolute atomic E-state index is 0.209. The van der Waals surface area contributed by atoms with E-state index in [2.05, 4.69) is 13.0 Å². The Balaban J connectivity index is 2.46. The molecule has 1 aromatic rings. The highest BCUT2D eigenvalue weighted by atomic mass is 35.5. The molecule has 2 atom stereocenters. The van der Waals surface area contributed by atoms with Gasteiger partial charge in [-0.25, -0.2) is 0 Å². The van der Waals surface area contributed by atoms with Crippen LogP contribution in [0, 0.1) is 0 Å². The zero-order chi connectivity index (χ0) is 9.42. The molecule has 0 amide bonds. The van der Waals surface area contributed by atoms with E-state index in [0.29, 0.717) is 5.92 Å². The molecular weight excluding hydrogens is 182 g/mol. The first-order valence-corrected chi connectivity index (χ1v) is 5.11. The van der Waals surface area contributed by atoms with Gasteiger partial charge in [-0.3, -0.25) is 0 Å². The molecule has 13 heavy (non-hydrogen) atoms. The molecular formula is C11H14ClN. The smallest absolute Gasteiger partial charge is 0.0444 e. The molecule has 0 spiro atoms. The summed E-state index contributed by atoms with van der Waals surface area (Å²) in [5.41, 5.74) is 8.60. The lowest BCUT2D eigenvalue weighted by Crippen LogP contribution is -2.23.